The number of esters is 1. The molecule has 0 aromatic carbocycles. The van der Waals surface area contributed by atoms with Crippen LogP contribution in [0.15, 0.2) is 4.34 Å². The highest BCUT2D eigenvalue weighted by Crippen LogP contribution is 2.39. The number of nitrogens with zero attached hydrogens (tertiary/aromatic N) is 2. The number of carbonyl (C=O) groups is 2. The van der Waals surface area contributed by atoms with Crippen molar-refractivity contribution in [2.24, 2.45) is 0 Å². The van der Waals surface area contributed by atoms with Crippen molar-refractivity contribution in [3.63, 3.8) is 0 Å². The molecule has 1 aliphatic rings. The minimum absolute atomic E-state index is 0.187. The van der Waals surface area contributed by atoms with E-state index in [9.17, 15) is 9.59 Å². The first-order valence-electron chi connectivity index (χ1n) is 8.37. The van der Waals surface area contributed by atoms with Crippen molar-refractivity contribution < 1.29 is 14.3 Å². The number of amides is 1. The van der Waals surface area contributed by atoms with Crippen molar-refractivity contribution in [2.75, 3.05) is 17.7 Å². The number of hydrogen-bond donors (Lipinski definition) is 2. The molecule has 1 atom stereocenters. The van der Waals surface area contributed by atoms with E-state index in [1.54, 1.807) is 13.8 Å². The van der Waals surface area contributed by atoms with Crippen LogP contribution in [0.1, 0.15) is 47.5 Å². The number of rotatable bonds is 6. The molecule has 0 saturated heterocycles. The third-order valence-corrected chi connectivity index (χ3v) is 7.10. The lowest BCUT2D eigenvalue weighted by Crippen LogP contribution is -2.23. The van der Waals surface area contributed by atoms with Gasteiger partial charge < -0.3 is 15.8 Å². The largest absolute Gasteiger partial charge is 0.462 e. The summed E-state index contributed by atoms with van der Waals surface area (Å²) >= 11 is 4.02. The molecule has 0 aliphatic heterocycles. The smallest absolute Gasteiger partial charge is 0.341 e. The number of nitrogens with one attached hydrogen (secondary N) is 1. The van der Waals surface area contributed by atoms with E-state index < -0.39 is 5.25 Å². The highest BCUT2D eigenvalue weighted by atomic mass is 32.2. The molecule has 0 spiro atoms. The van der Waals surface area contributed by atoms with Crippen LogP contribution < -0.4 is 11.1 Å². The van der Waals surface area contributed by atoms with Gasteiger partial charge in [-0.3, -0.25) is 4.79 Å². The fourth-order valence-electron chi connectivity index (χ4n) is 2.76. The molecule has 3 rings (SSSR count). The molecule has 2 aromatic rings. The van der Waals surface area contributed by atoms with Gasteiger partial charge in [0.25, 0.3) is 0 Å². The Balaban J connectivity index is 1.78. The van der Waals surface area contributed by atoms with Gasteiger partial charge in [-0.25, -0.2) is 4.79 Å². The first-order chi connectivity index (χ1) is 12.5. The van der Waals surface area contributed by atoms with Crippen LogP contribution in [0, 0.1) is 0 Å². The number of thiophene rings is 1. The van der Waals surface area contributed by atoms with E-state index in [4.69, 9.17) is 10.5 Å². The molecular formula is C16H20N4O3S3. The molecule has 3 N–H and O–H groups in total. The maximum absolute atomic E-state index is 12.6. The van der Waals surface area contributed by atoms with Crippen molar-refractivity contribution in [1.29, 1.82) is 0 Å². The Morgan fingerprint density at radius 1 is 1.31 bits per heavy atom. The van der Waals surface area contributed by atoms with Crippen LogP contribution in [0.2, 0.25) is 0 Å². The SMILES string of the molecule is CCOC(=O)c1c(NC(=O)[C@H](C)Sc2nnc(N)s2)sc2c1CCCC2. The van der Waals surface area contributed by atoms with Crippen LogP contribution in [0.5, 0.6) is 0 Å². The van der Waals surface area contributed by atoms with Crippen LogP contribution in [0.3, 0.4) is 0 Å². The second kappa shape index (κ2) is 8.36. The number of aromatic nitrogens is 2. The Labute approximate surface area is 163 Å². The third-order valence-electron chi connectivity index (χ3n) is 3.96. The minimum atomic E-state index is -0.392. The van der Waals surface area contributed by atoms with Crippen LogP contribution in [0.4, 0.5) is 10.1 Å². The topological polar surface area (TPSA) is 107 Å². The van der Waals surface area contributed by atoms with Gasteiger partial charge in [-0.1, -0.05) is 23.1 Å². The summed E-state index contributed by atoms with van der Waals surface area (Å²) < 4.78 is 5.85. The standard InChI is InChI=1S/C16H20N4O3S3/c1-3-23-14(22)11-9-6-4-5-7-10(9)25-13(11)18-12(21)8(2)24-16-20-19-15(17)26-16/h8H,3-7H2,1-2H3,(H2,17,19)(H,18,21)/t8-/m0/s1. The van der Waals surface area contributed by atoms with E-state index in [0.29, 0.717) is 26.6 Å². The summed E-state index contributed by atoms with van der Waals surface area (Å²) in [4.78, 5) is 26.2. The summed E-state index contributed by atoms with van der Waals surface area (Å²) in [5.41, 5.74) is 7.13. The monoisotopic (exact) mass is 412 g/mol. The predicted octanol–water partition coefficient (Wildman–Crippen LogP) is 3.36. The van der Waals surface area contributed by atoms with Crippen molar-refractivity contribution in [1.82, 2.24) is 10.2 Å². The first-order valence-corrected chi connectivity index (χ1v) is 10.9. The van der Waals surface area contributed by atoms with Crippen molar-refractivity contribution >= 4 is 56.4 Å². The summed E-state index contributed by atoms with van der Waals surface area (Å²) in [6.45, 7) is 3.87. The number of thioether (sulfide) groups is 1. The summed E-state index contributed by atoms with van der Waals surface area (Å²) in [6, 6.07) is 0. The van der Waals surface area contributed by atoms with E-state index in [0.717, 1.165) is 31.2 Å². The van der Waals surface area contributed by atoms with Crippen molar-refractivity contribution in [3.05, 3.63) is 16.0 Å². The number of nitrogens with two attached hydrogens (primary N) is 1. The van der Waals surface area contributed by atoms with E-state index in [-0.39, 0.29) is 11.9 Å². The lowest BCUT2D eigenvalue weighted by molar-refractivity contribution is -0.115. The molecular weight excluding hydrogens is 392 g/mol. The summed E-state index contributed by atoms with van der Waals surface area (Å²) in [5, 5.41) is 11.2. The highest BCUT2D eigenvalue weighted by molar-refractivity contribution is 8.02. The fraction of sp³-hybridized carbons (Fsp3) is 0.500. The molecule has 0 radical (unpaired) electrons. The van der Waals surface area contributed by atoms with Gasteiger partial charge in [0, 0.05) is 4.88 Å². The third kappa shape index (κ3) is 4.18. The van der Waals surface area contributed by atoms with Crippen LogP contribution in [-0.4, -0.2) is 33.9 Å². The summed E-state index contributed by atoms with van der Waals surface area (Å²) in [6.07, 6.45) is 3.95. The Hall–Kier alpha value is -1.65. The van der Waals surface area contributed by atoms with Gasteiger partial charge >= 0.3 is 5.97 Å². The van der Waals surface area contributed by atoms with Gasteiger partial charge in [0.1, 0.15) is 5.00 Å². The molecule has 1 aliphatic carbocycles. The Kier molecular flexibility index (Phi) is 6.15. The lowest BCUT2D eigenvalue weighted by atomic mass is 9.95. The minimum Gasteiger partial charge on any atom is -0.462 e. The average Bonchev–Trinajstić information content (AvgIpc) is 3.17. The van der Waals surface area contributed by atoms with Gasteiger partial charge in [0.15, 0.2) is 4.34 Å². The first kappa shape index (κ1) is 19.1. The van der Waals surface area contributed by atoms with Crippen LogP contribution in [-0.2, 0) is 22.4 Å². The molecule has 0 fully saturated rings. The van der Waals surface area contributed by atoms with Gasteiger partial charge in [0.05, 0.1) is 17.4 Å². The number of anilines is 2. The normalized spacial score (nSPS) is 14.5. The number of fused-ring (bicyclic) bond motifs is 1. The fourth-order valence-corrected chi connectivity index (χ4v) is 5.82. The molecule has 26 heavy (non-hydrogen) atoms. The second-order valence-electron chi connectivity index (χ2n) is 5.79. The maximum Gasteiger partial charge on any atom is 0.341 e. The van der Waals surface area contributed by atoms with Crippen LogP contribution in [0.25, 0.3) is 0 Å². The molecule has 140 valence electrons. The Morgan fingerprint density at radius 3 is 2.77 bits per heavy atom. The summed E-state index contributed by atoms with van der Waals surface area (Å²) in [5.74, 6) is -0.549. The molecule has 0 saturated carbocycles. The molecule has 0 unspecified atom stereocenters. The van der Waals surface area contributed by atoms with Gasteiger partial charge in [-0.2, -0.15) is 0 Å². The van der Waals surface area contributed by atoms with Crippen molar-refractivity contribution in [3.8, 4) is 0 Å². The quantitative estimate of drug-likeness (QED) is 0.553. The van der Waals surface area contributed by atoms with E-state index in [1.807, 2.05) is 0 Å². The van der Waals surface area contributed by atoms with Gasteiger partial charge in [-0.15, -0.1) is 21.5 Å². The molecule has 2 aromatic heterocycles. The summed E-state index contributed by atoms with van der Waals surface area (Å²) in [7, 11) is 0. The van der Waals surface area contributed by atoms with E-state index in [2.05, 4.69) is 15.5 Å². The van der Waals surface area contributed by atoms with E-state index in [1.165, 1.54) is 39.3 Å². The molecule has 7 nitrogen and oxygen atoms in total. The zero-order valence-corrected chi connectivity index (χ0v) is 17.0. The number of carbonyl (C=O) groups excluding carboxylic acids is 2. The van der Waals surface area contributed by atoms with Gasteiger partial charge in [0.2, 0.25) is 11.0 Å². The molecule has 2 heterocycles. The lowest BCUT2D eigenvalue weighted by Gasteiger charge is -2.13. The number of nitrogen functional groups attached to an aromatic ring is 1. The molecule has 10 heteroatoms. The van der Waals surface area contributed by atoms with E-state index >= 15 is 0 Å². The second-order valence-corrected chi connectivity index (χ2v) is 9.49. The molecule has 0 bridgehead atoms. The number of ether oxygens (including phenoxy) is 1. The van der Waals surface area contributed by atoms with Crippen molar-refractivity contribution in [2.45, 2.75) is 49.1 Å². The number of aryl methyl sites for hydroxylation is 1. The highest BCUT2D eigenvalue weighted by Gasteiger charge is 2.28. The predicted molar refractivity (Wildman–Crippen MR) is 105 cm³/mol. The Morgan fingerprint density at radius 2 is 2.08 bits per heavy atom. The Bertz CT molecular complexity index is 818. The zero-order valence-electron chi connectivity index (χ0n) is 14.5. The molecule has 1 amide bonds. The zero-order chi connectivity index (χ0) is 18.7. The maximum atomic E-state index is 12.6. The number of hydrogen-bond acceptors (Lipinski definition) is 9. The average molecular weight is 413 g/mol. The van der Waals surface area contributed by atoms with Gasteiger partial charge in [-0.05, 0) is 45.1 Å². The van der Waals surface area contributed by atoms with Crippen LogP contribution >= 0.6 is 34.4 Å².